The highest BCUT2D eigenvalue weighted by atomic mass is 16.6. The Hall–Kier alpha value is -2.19. The van der Waals surface area contributed by atoms with Crippen LogP contribution in [0.15, 0.2) is 23.3 Å². The van der Waals surface area contributed by atoms with Gasteiger partial charge in [0.15, 0.2) is 5.60 Å². The summed E-state index contributed by atoms with van der Waals surface area (Å²) in [5, 5.41) is 10.6. The van der Waals surface area contributed by atoms with Crippen molar-refractivity contribution in [2.24, 2.45) is 5.92 Å². The third-order valence-electron chi connectivity index (χ3n) is 6.46. The number of nitrogens with zero attached hydrogens (tertiary/aromatic N) is 1. The molecule has 0 spiro atoms. The molecule has 0 aliphatic carbocycles. The minimum Gasteiger partial charge on any atom is -0.463 e. The number of esters is 3. The number of hydrogen-bond acceptors (Lipinski definition) is 8. The number of carbonyl (C=O) groups excluding carboxylic acids is 3. The van der Waals surface area contributed by atoms with Crippen molar-refractivity contribution in [3.05, 3.63) is 23.3 Å². The normalized spacial score (nSPS) is 27.3. The summed E-state index contributed by atoms with van der Waals surface area (Å²) >= 11 is 0. The van der Waals surface area contributed by atoms with Gasteiger partial charge in [0.1, 0.15) is 12.2 Å². The second-order valence-electron chi connectivity index (χ2n) is 8.54. The van der Waals surface area contributed by atoms with E-state index in [4.69, 9.17) is 14.2 Å². The number of fused-ring (bicyclic) bond motifs is 1. The molecule has 2 saturated heterocycles. The van der Waals surface area contributed by atoms with E-state index in [-0.39, 0.29) is 30.6 Å². The molecule has 8 heteroatoms. The van der Waals surface area contributed by atoms with E-state index in [1.807, 2.05) is 0 Å². The van der Waals surface area contributed by atoms with Gasteiger partial charge < -0.3 is 19.3 Å². The van der Waals surface area contributed by atoms with Crippen LogP contribution in [-0.2, 0) is 28.6 Å². The Balaban J connectivity index is 1.95. The van der Waals surface area contributed by atoms with Crippen LogP contribution in [0.1, 0.15) is 54.4 Å². The van der Waals surface area contributed by atoms with E-state index in [0.717, 1.165) is 25.9 Å². The molecule has 8 nitrogen and oxygen atoms in total. The molecule has 0 aromatic carbocycles. The smallest absolute Gasteiger partial charge is 0.341 e. The highest BCUT2D eigenvalue weighted by molar-refractivity contribution is 5.88. The molecule has 2 heterocycles. The Morgan fingerprint density at radius 3 is 2.29 bits per heavy atom. The zero-order valence-corrected chi connectivity index (χ0v) is 19.3. The summed E-state index contributed by atoms with van der Waals surface area (Å²) in [7, 11) is 0. The van der Waals surface area contributed by atoms with E-state index in [9.17, 15) is 19.5 Å². The van der Waals surface area contributed by atoms with Crippen molar-refractivity contribution >= 4 is 17.9 Å². The third kappa shape index (κ3) is 5.74. The van der Waals surface area contributed by atoms with E-state index < -0.39 is 23.6 Å². The van der Waals surface area contributed by atoms with Gasteiger partial charge in [-0.2, -0.15) is 0 Å². The van der Waals surface area contributed by atoms with Crippen molar-refractivity contribution < 1.29 is 33.7 Å². The molecule has 0 amide bonds. The van der Waals surface area contributed by atoms with Crippen LogP contribution in [-0.4, -0.2) is 71.5 Å². The van der Waals surface area contributed by atoms with Gasteiger partial charge in [-0.25, -0.2) is 14.4 Å². The maximum Gasteiger partial charge on any atom is 0.341 e. The second-order valence-corrected chi connectivity index (χ2v) is 8.54. The maximum atomic E-state index is 12.6. The summed E-state index contributed by atoms with van der Waals surface area (Å²) in [6, 6.07) is -0.0149. The summed E-state index contributed by atoms with van der Waals surface area (Å²) in [5.74, 6) is -1.77. The second kappa shape index (κ2) is 10.4. The molecule has 174 valence electrons. The Morgan fingerprint density at radius 1 is 1.10 bits per heavy atom. The lowest BCUT2D eigenvalue weighted by molar-refractivity contribution is -0.183. The molecule has 0 saturated carbocycles. The predicted molar refractivity (Wildman–Crippen MR) is 114 cm³/mol. The molecule has 1 N–H and O–H groups in total. The molecular formula is C23H35NO7. The molecule has 2 rings (SSSR count). The van der Waals surface area contributed by atoms with Crippen molar-refractivity contribution in [1.82, 2.24) is 4.90 Å². The van der Waals surface area contributed by atoms with Crippen LogP contribution in [0.2, 0.25) is 0 Å². The Kier molecular flexibility index (Phi) is 8.42. The van der Waals surface area contributed by atoms with Crippen LogP contribution in [0.25, 0.3) is 0 Å². The van der Waals surface area contributed by atoms with Crippen LogP contribution in [0.3, 0.4) is 0 Å². The first-order valence-electron chi connectivity index (χ1n) is 10.8. The lowest BCUT2D eigenvalue weighted by Gasteiger charge is -2.30. The summed E-state index contributed by atoms with van der Waals surface area (Å²) in [6.45, 7) is 11.3. The molecular weight excluding hydrogens is 402 g/mol. The monoisotopic (exact) mass is 437 g/mol. The number of carbonyl (C=O) groups is 3. The molecule has 3 unspecified atom stereocenters. The highest BCUT2D eigenvalue weighted by Crippen LogP contribution is 2.35. The number of rotatable bonds is 8. The van der Waals surface area contributed by atoms with Gasteiger partial charge in [-0.15, -0.1) is 0 Å². The molecule has 2 aliphatic rings. The van der Waals surface area contributed by atoms with E-state index >= 15 is 0 Å². The van der Waals surface area contributed by atoms with E-state index in [0.29, 0.717) is 11.1 Å². The molecule has 0 radical (unpaired) electrons. The fourth-order valence-electron chi connectivity index (χ4n) is 3.85. The summed E-state index contributed by atoms with van der Waals surface area (Å²) < 4.78 is 16.3. The van der Waals surface area contributed by atoms with Crippen molar-refractivity contribution in [1.29, 1.82) is 0 Å². The first-order valence-corrected chi connectivity index (χ1v) is 10.8. The predicted octanol–water partition coefficient (Wildman–Crippen LogP) is 2.15. The fraction of sp³-hybridized carbons (Fsp3) is 0.696. The largest absolute Gasteiger partial charge is 0.463 e. The first-order chi connectivity index (χ1) is 14.5. The Morgan fingerprint density at radius 2 is 1.68 bits per heavy atom. The van der Waals surface area contributed by atoms with E-state index in [1.54, 1.807) is 39.8 Å². The lowest BCUT2D eigenvalue weighted by atomic mass is 9.96. The number of allylic oxidation sites excluding steroid dienone is 2. The van der Waals surface area contributed by atoms with Gasteiger partial charge in [0.05, 0.1) is 12.6 Å². The van der Waals surface area contributed by atoms with Crippen molar-refractivity contribution in [3.63, 3.8) is 0 Å². The van der Waals surface area contributed by atoms with Crippen molar-refractivity contribution in [2.45, 2.75) is 78.2 Å². The van der Waals surface area contributed by atoms with Crippen LogP contribution < -0.4 is 0 Å². The maximum absolute atomic E-state index is 12.6. The summed E-state index contributed by atoms with van der Waals surface area (Å²) in [5.41, 5.74) is -1.03. The molecule has 0 aromatic rings. The molecule has 0 aromatic heterocycles. The molecule has 5 atom stereocenters. The van der Waals surface area contributed by atoms with Gasteiger partial charge in [-0.3, -0.25) is 4.90 Å². The summed E-state index contributed by atoms with van der Waals surface area (Å²) in [6.07, 6.45) is 3.53. The Bertz CT molecular complexity index is 755. The molecule has 2 aliphatic heterocycles. The van der Waals surface area contributed by atoms with E-state index in [2.05, 4.69) is 4.90 Å². The number of ether oxygens (including phenoxy) is 3. The van der Waals surface area contributed by atoms with Gasteiger partial charge in [0, 0.05) is 23.6 Å². The van der Waals surface area contributed by atoms with Gasteiger partial charge >= 0.3 is 17.9 Å². The molecule has 2 fully saturated rings. The van der Waals surface area contributed by atoms with Gasteiger partial charge in [-0.05, 0) is 60.9 Å². The number of hydrogen-bond donors (Lipinski definition) is 1. The SMILES string of the molecule is C/C=C(\C)C(=O)OC(C)C(C)(O)C(=O)OC[C@H]1CCN2CC[C@@H](OC(=O)/C(C)=C/C)C12. The van der Waals surface area contributed by atoms with Gasteiger partial charge in [0.25, 0.3) is 0 Å². The summed E-state index contributed by atoms with van der Waals surface area (Å²) in [4.78, 5) is 39.0. The average Bonchev–Trinajstić information content (AvgIpc) is 3.33. The van der Waals surface area contributed by atoms with Gasteiger partial charge in [-0.1, -0.05) is 12.2 Å². The minimum absolute atomic E-state index is 0.00547. The lowest BCUT2D eigenvalue weighted by Crippen LogP contribution is -2.49. The first kappa shape index (κ1) is 25.1. The highest BCUT2D eigenvalue weighted by Gasteiger charge is 2.47. The third-order valence-corrected chi connectivity index (χ3v) is 6.46. The molecule has 0 bridgehead atoms. The zero-order chi connectivity index (χ0) is 23.3. The quantitative estimate of drug-likeness (QED) is 0.350. The van der Waals surface area contributed by atoms with Crippen LogP contribution >= 0.6 is 0 Å². The minimum atomic E-state index is -1.98. The molecule has 31 heavy (non-hydrogen) atoms. The van der Waals surface area contributed by atoms with Crippen molar-refractivity contribution in [3.8, 4) is 0 Å². The van der Waals surface area contributed by atoms with Crippen LogP contribution in [0.4, 0.5) is 0 Å². The topological polar surface area (TPSA) is 102 Å². The fourth-order valence-corrected chi connectivity index (χ4v) is 3.85. The van der Waals surface area contributed by atoms with Gasteiger partial charge in [0.2, 0.25) is 0 Å². The van der Waals surface area contributed by atoms with Crippen molar-refractivity contribution in [2.75, 3.05) is 19.7 Å². The van der Waals surface area contributed by atoms with Crippen LogP contribution in [0, 0.1) is 5.92 Å². The van der Waals surface area contributed by atoms with E-state index in [1.165, 1.54) is 13.8 Å². The van der Waals surface area contributed by atoms with Crippen LogP contribution in [0.5, 0.6) is 0 Å². The number of aliphatic hydroxyl groups is 1. The zero-order valence-electron chi connectivity index (χ0n) is 19.3. The average molecular weight is 438 g/mol. The Labute approximate surface area is 184 Å². The standard InChI is InChI=1S/C23H35NO7/c1-7-14(3)20(25)30-16(5)23(6,28)22(27)29-13-17-9-11-24-12-10-18(19(17)24)31-21(26)15(4)8-2/h7-8,16-19,28H,9-13H2,1-6H3/b14-7+,15-8+/t16?,17-,18-,19?,23?/m1/s1.